The molecule has 1 aromatic heterocycles. The monoisotopic (exact) mass is 175 g/mol. The van der Waals surface area contributed by atoms with Crippen LogP contribution in [0, 0.1) is 0 Å². The minimum Gasteiger partial charge on any atom is -0.464 e. The second-order valence-corrected chi connectivity index (χ2v) is 3.44. The van der Waals surface area contributed by atoms with Crippen molar-refractivity contribution < 1.29 is 4.42 Å². The summed E-state index contributed by atoms with van der Waals surface area (Å²) in [4.78, 5) is 0. The Bertz CT molecular complexity index is 403. The zero-order valence-corrected chi connectivity index (χ0v) is 7.66. The van der Waals surface area contributed by atoms with Gasteiger partial charge in [0.1, 0.15) is 5.58 Å². The summed E-state index contributed by atoms with van der Waals surface area (Å²) in [5, 5.41) is 1.18. The number of fused-ring (bicyclic) bond motifs is 1. The number of nitrogens with two attached hydrogens (primary N) is 1. The lowest BCUT2D eigenvalue weighted by molar-refractivity contribution is 0.605. The van der Waals surface area contributed by atoms with Crippen LogP contribution in [0.2, 0.25) is 0 Å². The van der Waals surface area contributed by atoms with E-state index in [9.17, 15) is 0 Å². The molecule has 0 aliphatic heterocycles. The van der Waals surface area contributed by atoms with Crippen LogP contribution in [-0.2, 0) is 6.42 Å². The fourth-order valence-electron chi connectivity index (χ4n) is 1.54. The number of para-hydroxylation sites is 1. The zero-order valence-electron chi connectivity index (χ0n) is 7.66. The Morgan fingerprint density at radius 3 is 2.92 bits per heavy atom. The molecule has 13 heavy (non-hydrogen) atoms. The van der Waals surface area contributed by atoms with Crippen LogP contribution in [0.1, 0.15) is 12.5 Å². The van der Waals surface area contributed by atoms with Gasteiger partial charge < -0.3 is 10.2 Å². The lowest BCUT2D eigenvalue weighted by Crippen LogP contribution is -2.17. The number of hydrogen-bond donors (Lipinski definition) is 1. The molecule has 0 aliphatic carbocycles. The van der Waals surface area contributed by atoms with Crippen molar-refractivity contribution in [3.05, 3.63) is 36.1 Å². The summed E-state index contributed by atoms with van der Waals surface area (Å²) >= 11 is 0. The normalized spacial score (nSPS) is 13.4. The van der Waals surface area contributed by atoms with E-state index in [1.54, 1.807) is 6.26 Å². The van der Waals surface area contributed by atoms with Crippen molar-refractivity contribution >= 4 is 11.0 Å². The standard InChI is InChI=1S/C11H13NO/c1-8(12)6-9-7-13-11-5-3-2-4-10(9)11/h2-5,7-8H,6,12H2,1H3/t8-/m0/s1. The third-order valence-corrected chi connectivity index (χ3v) is 2.10. The molecule has 0 saturated carbocycles. The van der Waals surface area contributed by atoms with Gasteiger partial charge in [-0.05, 0) is 25.0 Å². The fourth-order valence-corrected chi connectivity index (χ4v) is 1.54. The highest BCUT2D eigenvalue weighted by atomic mass is 16.3. The molecule has 1 atom stereocenters. The van der Waals surface area contributed by atoms with Crippen molar-refractivity contribution in [2.75, 3.05) is 0 Å². The summed E-state index contributed by atoms with van der Waals surface area (Å²) in [6.07, 6.45) is 2.67. The molecule has 0 amide bonds. The SMILES string of the molecule is C[C@H](N)Cc1coc2ccccc12. The van der Waals surface area contributed by atoms with Crippen LogP contribution in [0.4, 0.5) is 0 Å². The van der Waals surface area contributed by atoms with E-state index in [0.717, 1.165) is 12.0 Å². The van der Waals surface area contributed by atoms with Crippen LogP contribution in [0.15, 0.2) is 34.9 Å². The molecule has 0 unspecified atom stereocenters. The highest BCUT2D eigenvalue weighted by Gasteiger charge is 2.05. The first-order valence-corrected chi connectivity index (χ1v) is 4.48. The predicted molar refractivity (Wildman–Crippen MR) is 53.6 cm³/mol. The molecule has 0 radical (unpaired) electrons. The van der Waals surface area contributed by atoms with E-state index in [2.05, 4.69) is 6.07 Å². The van der Waals surface area contributed by atoms with Gasteiger partial charge in [-0.3, -0.25) is 0 Å². The molecule has 68 valence electrons. The van der Waals surface area contributed by atoms with Crippen molar-refractivity contribution in [3.8, 4) is 0 Å². The van der Waals surface area contributed by atoms with Gasteiger partial charge >= 0.3 is 0 Å². The highest BCUT2D eigenvalue weighted by Crippen LogP contribution is 2.21. The topological polar surface area (TPSA) is 39.2 Å². The number of benzene rings is 1. The third kappa shape index (κ3) is 1.58. The molecule has 2 heteroatoms. The van der Waals surface area contributed by atoms with Gasteiger partial charge in [0.15, 0.2) is 0 Å². The molecule has 0 aliphatic rings. The van der Waals surface area contributed by atoms with Crippen LogP contribution in [0.3, 0.4) is 0 Å². The van der Waals surface area contributed by atoms with Crippen LogP contribution in [0.5, 0.6) is 0 Å². The van der Waals surface area contributed by atoms with Crippen molar-refractivity contribution in [2.45, 2.75) is 19.4 Å². The Morgan fingerprint density at radius 2 is 2.15 bits per heavy atom. The molecular formula is C11H13NO. The Balaban J connectivity index is 2.46. The summed E-state index contributed by atoms with van der Waals surface area (Å²) in [7, 11) is 0. The maximum absolute atomic E-state index is 5.73. The molecule has 0 fully saturated rings. The number of rotatable bonds is 2. The Kier molecular flexibility index (Phi) is 2.07. The molecule has 1 heterocycles. The van der Waals surface area contributed by atoms with E-state index >= 15 is 0 Å². The molecule has 0 bridgehead atoms. The Hall–Kier alpha value is -1.28. The van der Waals surface area contributed by atoms with Crippen LogP contribution in [-0.4, -0.2) is 6.04 Å². The first-order chi connectivity index (χ1) is 6.27. The molecule has 2 rings (SSSR count). The minimum absolute atomic E-state index is 0.181. The number of furan rings is 1. The van der Waals surface area contributed by atoms with E-state index in [1.165, 1.54) is 10.9 Å². The molecule has 0 saturated heterocycles. The lowest BCUT2D eigenvalue weighted by atomic mass is 10.1. The smallest absolute Gasteiger partial charge is 0.134 e. The maximum atomic E-state index is 5.73. The lowest BCUT2D eigenvalue weighted by Gasteiger charge is -2.01. The van der Waals surface area contributed by atoms with Crippen molar-refractivity contribution in [1.82, 2.24) is 0 Å². The summed E-state index contributed by atoms with van der Waals surface area (Å²) < 4.78 is 5.39. The summed E-state index contributed by atoms with van der Waals surface area (Å²) in [5.41, 5.74) is 7.88. The Labute approximate surface area is 77.3 Å². The molecule has 0 spiro atoms. The number of hydrogen-bond acceptors (Lipinski definition) is 2. The van der Waals surface area contributed by atoms with Gasteiger partial charge in [-0.1, -0.05) is 18.2 Å². The first-order valence-electron chi connectivity index (χ1n) is 4.48. The van der Waals surface area contributed by atoms with Crippen molar-refractivity contribution in [3.63, 3.8) is 0 Å². The van der Waals surface area contributed by atoms with E-state index in [-0.39, 0.29) is 6.04 Å². The van der Waals surface area contributed by atoms with E-state index in [0.29, 0.717) is 0 Å². The van der Waals surface area contributed by atoms with Crippen molar-refractivity contribution in [2.24, 2.45) is 5.73 Å². The Morgan fingerprint density at radius 1 is 1.38 bits per heavy atom. The van der Waals surface area contributed by atoms with E-state index in [1.807, 2.05) is 25.1 Å². The minimum atomic E-state index is 0.181. The van der Waals surface area contributed by atoms with E-state index < -0.39 is 0 Å². The second kappa shape index (κ2) is 3.23. The molecule has 2 nitrogen and oxygen atoms in total. The van der Waals surface area contributed by atoms with Crippen molar-refractivity contribution in [1.29, 1.82) is 0 Å². The fraction of sp³-hybridized carbons (Fsp3) is 0.273. The first kappa shape index (κ1) is 8.32. The third-order valence-electron chi connectivity index (χ3n) is 2.10. The quantitative estimate of drug-likeness (QED) is 0.760. The summed E-state index contributed by atoms with van der Waals surface area (Å²) in [6.45, 7) is 2.00. The molecule has 2 N–H and O–H groups in total. The van der Waals surface area contributed by atoms with Crippen LogP contribution < -0.4 is 5.73 Å². The highest BCUT2D eigenvalue weighted by molar-refractivity contribution is 5.80. The van der Waals surface area contributed by atoms with Crippen LogP contribution in [0.25, 0.3) is 11.0 Å². The van der Waals surface area contributed by atoms with Gasteiger partial charge in [0.2, 0.25) is 0 Å². The zero-order chi connectivity index (χ0) is 9.26. The van der Waals surface area contributed by atoms with Gasteiger partial charge in [-0.15, -0.1) is 0 Å². The molecule has 2 aromatic rings. The molecule has 1 aromatic carbocycles. The predicted octanol–water partition coefficient (Wildman–Crippen LogP) is 2.32. The average Bonchev–Trinajstić information content (AvgIpc) is 2.48. The largest absolute Gasteiger partial charge is 0.464 e. The second-order valence-electron chi connectivity index (χ2n) is 3.44. The average molecular weight is 175 g/mol. The van der Waals surface area contributed by atoms with Crippen LogP contribution >= 0.6 is 0 Å². The van der Waals surface area contributed by atoms with Gasteiger partial charge in [0.25, 0.3) is 0 Å². The van der Waals surface area contributed by atoms with Gasteiger partial charge in [0, 0.05) is 11.4 Å². The van der Waals surface area contributed by atoms with Gasteiger partial charge in [0.05, 0.1) is 6.26 Å². The molecular weight excluding hydrogens is 162 g/mol. The van der Waals surface area contributed by atoms with Gasteiger partial charge in [-0.25, -0.2) is 0 Å². The summed E-state index contributed by atoms with van der Waals surface area (Å²) in [5.74, 6) is 0. The van der Waals surface area contributed by atoms with E-state index in [4.69, 9.17) is 10.2 Å². The van der Waals surface area contributed by atoms with Gasteiger partial charge in [-0.2, -0.15) is 0 Å². The summed E-state index contributed by atoms with van der Waals surface area (Å²) in [6, 6.07) is 8.21. The maximum Gasteiger partial charge on any atom is 0.134 e.